The lowest BCUT2D eigenvalue weighted by Crippen LogP contribution is -2.44. The minimum atomic E-state index is -4.04. The largest absolute Gasteiger partial charge is 0.455 e. The number of ether oxygens (including phenoxy) is 1. The van der Waals surface area contributed by atoms with Crippen molar-refractivity contribution in [2.45, 2.75) is 24.8 Å². The fraction of sp³-hybridized carbons (Fsp3) is 0.357. The molecule has 0 aliphatic rings. The normalized spacial score (nSPS) is 11.1. The molecule has 0 heterocycles. The molecule has 3 amide bonds. The summed E-state index contributed by atoms with van der Waals surface area (Å²) in [6.45, 7) is 1.97. The average Bonchev–Trinajstić information content (AvgIpc) is 2.49. The zero-order chi connectivity index (χ0) is 19.9. The van der Waals surface area contributed by atoms with Crippen molar-refractivity contribution in [1.29, 1.82) is 0 Å². The van der Waals surface area contributed by atoms with Gasteiger partial charge in [0, 0.05) is 10.5 Å². The van der Waals surface area contributed by atoms with Crippen LogP contribution in [0, 0.1) is 0 Å². The Kier molecular flexibility index (Phi) is 8.47. The smallest absolute Gasteiger partial charge is 0.321 e. The number of rotatable bonds is 7. The summed E-state index contributed by atoms with van der Waals surface area (Å²) in [6.07, 6.45) is 0. The van der Waals surface area contributed by atoms with E-state index >= 15 is 0 Å². The first kappa shape index (κ1) is 22.4. The molecule has 26 heavy (non-hydrogen) atoms. The van der Waals surface area contributed by atoms with Crippen LogP contribution in [0.3, 0.4) is 0 Å². The van der Waals surface area contributed by atoms with Crippen molar-refractivity contribution in [3.05, 3.63) is 27.7 Å². The van der Waals surface area contributed by atoms with E-state index < -0.39 is 41.1 Å². The van der Waals surface area contributed by atoms with E-state index in [1.165, 1.54) is 18.2 Å². The second-order valence-corrected chi connectivity index (χ2v) is 8.29. The second-order valence-electron chi connectivity index (χ2n) is 5.24. The van der Waals surface area contributed by atoms with Gasteiger partial charge in [-0.15, -0.1) is 0 Å². The Morgan fingerprint density at radius 1 is 1.27 bits per heavy atom. The van der Waals surface area contributed by atoms with E-state index in [9.17, 15) is 22.8 Å². The predicted octanol–water partition coefficient (Wildman–Crippen LogP) is 1.16. The summed E-state index contributed by atoms with van der Waals surface area (Å²) in [6, 6.07) is 3.23. The zero-order valence-corrected chi connectivity index (χ0v) is 17.0. The Balaban J connectivity index is 2.48. The van der Waals surface area contributed by atoms with Crippen LogP contribution in [-0.2, 0) is 24.3 Å². The third-order valence-electron chi connectivity index (χ3n) is 2.63. The van der Waals surface area contributed by atoms with E-state index in [2.05, 4.69) is 26.0 Å². The minimum absolute atomic E-state index is 0.0317. The Labute approximate surface area is 164 Å². The quantitative estimate of drug-likeness (QED) is 0.513. The Hall–Kier alpha value is -1.69. The Morgan fingerprint density at radius 2 is 1.92 bits per heavy atom. The highest BCUT2D eigenvalue weighted by Gasteiger charge is 2.20. The zero-order valence-electron chi connectivity index (χ0n) is 13.8. The number of amides is 3. The van der Waals surface area contributed by atoms with Crippen molar-refractivity contribution in [2.75, 3.05) is 13.2 Å². The molecular formula is C14H17BrClN3O6S. The fourth-order valence-corrected chi connectivity index (χ4v) is 3.59. The van der Waals surface area contributed by atoms with E-state index in [0.717, 1.165) is 0 Å². The van der Waals surface area contributed by atoms with Gasteiger partial charge in [-0.3, -0.25) is 14.9 Å². The third kappa shape index (κ3) is 7.68. The summed E-state index contributed by atoms with van der Waals surface area (Å²) in [7, 11) is -4.04. The summed E-state index contributed by atoms with van der Waals surface area (Å²) in [5, 5.41) is 4.33. The molecule has 0 radical (unpaired) electrons. The number of urea groups is 1. The van der Waals surface area contributed by atoms with Crippen LogP contribution in [0.2, 0.25) is 5.02 Å². The molecule has 0 aromatic heterocycles. The van der Waals surface area contributed by atoms with Gasteiger partial charge in [0.05, 0.1) is 5.02 Å². The molecule has 0 aliphatic heterocycles. The van der Waals surface area contributed by atoms with Gasteiger partial charge in [0.25, 0.3) is 5.91 Å². The van der Waals surface area contributed by atoms with Gasteiger partial charge in [0.15, 0.2) is 6.61 Å². The van der Waals surface area contributed by atoms with Crippen molar-refractivity contribution < 1.29 is 27.5 Å². The first-order valence-electron chi connectivity index (χ1n) is 7.22. The van der Waals surface area contributed by atoms with E-state index in [1.807, 2.05) is 10.0 Å². The minimum Gasteiger partial charge on any atom is -0.455 e. The van der Waals surface area contributed by atoms with Crippen molar-refractivity contribution >= 4 is 55.5 Å². The molecule has 0 aliphatic carbocycles. The van der Waals surface area contributed by atoms with Gasteiger partial charge in [-0.2, -0.15) is 4.72 Å². The summed E-state index contributed by atoms with van der Waals surface area (Å²) in [5.74, 6) is -1.85. The number of halogens is 2. The molecular weight excluding hydrogens is 454 g/mol. The topological polar surface area (TPSA) is 131 Å². The van der Waals surface area contributed by atoms with Crippen molar-refractivity contribution in [3.63, 3.8) is 0 Å². The van der Waals surface area contributed by atoms with Crippen molar-refractivity contribution in [3.8, 4) is 0 Å². The van der Waals surface area contributed by atoms with E-state index in [0.29, 0.717) is 4.47 Å². The summed E-state index contributed by atoms with van der Waals surface area (Å²) in [5.41, 5.74) is 0. The van der Waals surface area contributed by atoms with Crippen LogP contribution in [0.25, 0.3) is 0 Å². The molecule has 0 saturated carbocycles. The highest BCUT2D eigenvalue weighted by molar-refractivity contribution is 9.10. The number of imide groups is 1. The number of esters is 1. The van der Waals surface area contributed by atoms with Gasteiger partial charge in [-0.05, 0) is 32.0 Å². The van der Waals surface area contributed by atoms with Crippen LogP contribution >= 0.6 is 27.5 Å². The van der Waals surface area contributed by atoms with Crippen LogP contribution in [0.1, 0.15) is 13.8 Å². The lowest BCUT2D eigenvalue weighted by atomic mass is 10.4. The first-order chi connectivity index (χ1) is 12.0. The van der Waals surface area contributed by atoms with Crippen molar-refractivity contribution in [1.82, 2.24) is 15.4 Å². The van der Waals surface area contributed by atoms with Gasteiger partial charge in [0.2, 0.25) is 10.0 Å². The molecule has 0 bridgehead atoms. The van der Waals surface area contributed by atoms with Crippen LogP contribution in [0.4, 0.5) is 4.79 Å². The second kappa shape index (κ2) is 9.86. The van der Waals surface area contributed by atoms with E-state index in [4.69, 9.17) is 11.6 Å². The van der Waals surface area contributed by atoms with Crippen LogP contribution in [0.15, 0.2) is 27.6 Å². The van der Waals surface area contributed by atoms with Crippen LogP contribution in [-0.4, -0.2) is 45.5 Å². The van der Waals surface area contributed by atoms with Crippen LogP contribution < -0.4 is 15.4 Å². The van der Waals surface area contributed by atoms with E-state index in [-0.39, 0.29) is 16.0 Å². The highest BCUT2D eigenvalue weighted by Crippen LogP contribution is 2.24. The molecule has 0 spiro atoms. The maximum Gasteiger partial charge on any atom is 0.321 e. The first-order valence-corrected chi connectivity index (χ1v) is 9.87. The molecule has 144 valence electrons. The average molecular weight is 471 g/mol. The van der Waals surface area contributed by atoms with Gasteiger partial charge in [-0.1, -0.05) is 27.5 Å². The van der Waals surface area contributed by atoms with Crippen molar-refractivity contribution in [2.24, 2.45) is 0 Å². The number of benzene rings is 1. The van der Waals surface area contributed by atoms with E-state index in [1.54, 1.807) is 13.8 Å². The Morgan fingerprint density at radius 3 is 2.50 bits per heavy atom. The number of sulfonamides is 1. The molecule has 0 saturated heterocycles. The molecule has 1 rings (SSSR count). The molecule has 9 nitrogen and oxygen atoms in total. The van der Waals surface area contributed by atoms with Gasteiger partial charge in [-0.25, -0.2) is 13.2 Å². The molecule has 0 fully saturated rings. The lowest BCUT2D eigenvalue weighted by Gasteiger charge is -2.10. The molecule has 1 aromatic rings. The third-order valence-corrected chi connectivity index (χ3v) is 5.00. The number of nitrogens with one attached hydrogen (secondary N) is 3. The summed E-state index contributed by atoms with van der Waals surface area (Å²) >= 11 is 9.01. The summed E-state index contributed by atoms with van der Waals surface area (Å²) < 4.78 is 31.4. The maximum absolute atomic E-state index is 12.1. The number of carbonyl (C=O) groups is 3. The maximum atomic E-state index is 12.1. The molecule has 3 N–H and O–H groups in total. The molecule has 12 heteroatoms. The molecule has 0 unspecified atom stereocenters. The number of hydrogen-bond donors (Lipinski definition) is 3. The SMILES string of the molecule is CC(C)NC(=O)NC(=O)COC(=O)CNS(=O)(=O)c1ccc(Br)cc1Cl. The lowest BCUT2D eigenvalue weighted by molar-refractivity contribution is -0.147. The fourth-order valence-electron chi connectivity index (χ4n) is 1.58. The van der Waals surface area contributed by atoms with Crippen LogP contribution in [0.5, 0.6) is 0 Å². The van der Waals surface area contributed by atoms with Gasteiger partial charge in [0.1, 0.15) is 11.4 Å². The Bertz CT molecular complexity index is 800. The van der Waals surface area contributed by atoms with Gasteiger partial charge < -0.3 is 10.1 Å². The van der Waals surface area contributed by atoms with Gasteiger partial charge >= 0.3 is 12.0 Å². The predicted molar refractivity (Wildman–Crippen MR) is 97.1 cm³/mol. The number of carbonyl (C=O) groups excluding carboxylic acids is 3. The molecule has 0 atom stereocenters. The highest BCUT2D eigenvalue weighted by atomic mass is 79.9. The molecule has 1 aromatic carbocycles. The monoisotopic (exact) mass is 469 g/mol. The summed E-state index contributed by atoms with van der Waals surface area (Å²) in [4.78, 5) is 34.1. The standard InChI is InChI=1S/C14H17BrClN3O6S/c1-8(2)18-14(22)19-12(20)7-25-13(21)6-17-26(23,24)11-4-3-9(15)5-10(11)16/h3-5,8,17H,6-7H2,1-2H3,(H2,18,19,20,22). The number of hydrogen-bond acceptors (Lipinski definition) is 6.